The van der Waals surface area contributed by atoms with E-state index in [1.807, 2.05) is 0 Å². The number of hydrogen-bond acceptors (Lipinski definition) is 6. The lowest BCUT2D eigenvalue weighted by Gasteiger charge is -2.31. The maximum atomic E-state index is 12.7. The average Bonchev–Trinajstić information content (AvgIpc) is 2.99. The summed E-state index contributed by atoms with van der Waals surface area (Å²) >= 11 is 0. The van der Waals surface area contributed by atoms with Crippen LogP contribution in [0.5, 0.6) is 0 Å². The molecule has 3 heterocycles. The van der Waals surface area contributed by atoms with Crippen molar-refractivity contribution in [2.24, 2.45) is 0 Å². The fourth-order valence-corrected chi connectivity index (χ4v) is 2.59. The summed E-state index contributed by atoms with van der Waals surface area (Å²) < 4.78 is 39.6. The third-order valence-electron chi connectivity index (χ3n) is 3.79. The van der Waals surface area contributed by atoms with Crippen molar-refractivity contribution in [2.75, 3.05) is 5.32 Å². The highest BCUT2D eigenvalue weighted by atomic mass is 19.4. The molecule has 0 saturated carbocycles. The summed E-state index contributed by atoms with van der Waals surface area (Å²) in [6.07, 6.45) is -2.08. The van der Waals surface area contributed by atoms with Gasteiger partial charge in [-0.15, -0.1) is 0 Å². The Kier molecular flexibility index (Phi) is 4.31. The van der Waals surface area contributed by atoms with Gasteiger partial charge in [-0.3, -0.25) is 4.98 Å². The van der Waals surface area contributed by atoms with Crippen LogP contribution < -0.4 is 5.32 Å². The summed E-state index contributed by atoms with van der Waals surface area (Å²) in [5.74, 6) is 0.865. The lowest BCUT2D eigenvalue weighted by Crippen LogP contribution is -2.35. The number of hydrogen-bond donors (Lipinski definition) is 2. The van der Waals surface area contributed by atoms with E-state index in [1.165, 1.54) is 16.9 Å². The molecule has 0 amide bonds. The SMILES string of the molecule is Cc1cc(NC(c2ccc(C(F)(F)F)nc2)C(C)(C)O)n2ncnc2n1. The summed E-state index contributed by atoms with van der Waals surface area (Å²) in [7, 11) is 0. The van der Waals surface area contributed by atoms with Crippen LogP contribution in [0.2, 0.25) is 0 Å². The molecule has 1 atom stereocenters. The van der Waals surface area contributed by atoms with Crippen LogP contribution in [0.3, 0.4) is 0 Å². The zero-order valence-corrected chi connectivity index (χ0v) is 14.3. The van der Waals surface area contributed by atoms with E-state index in [4.69, 9.17) is 0 Å². The van der Waals surface area contributed by atoms with Gasteiger partial charge in [-0.25, -0.2) is 4.98 Å². The van der Waals surface area contributed by atoms with Gasteiger partial charge < -0.3 is 10.4 Å². The zero-order chi connectivity index (χ0) is 19.1. The van der Waals surface area contributed by atoms with Gasteiger partial charge in [-0.05, 0) is 32.4 Å². The summed E-state index contributed by atoms with van der Waals surface area (Å²) in [6, 6.07) is 3.14. The van der Waals surface area contributed by atoms with Crippen LogP contribution in [0, 0.1) is 6.92 Å². The van der Waals surface area contributed by atoms with Crippen LogP contribution >= 0.6 is 0 Å². The Morgan fingerprint density at radius 2 is 1.92 bits per heavy atom. The van der Waals surface area contributed by atoms with Crippen molar-refractivity contribution in [1.82, 2.24) is 24.6 Å². The van der Waals surface area contributed by atoms with Crippen molar-refractivity contribution in [2.45, 2.75) is 38.6 Å². The molecule has 3 aromatic rings. The van der Waals surface area contributed by atoms with E-state index < -0.39 is 23.5 Å². The summed E-state index contributed by atoms with van der Waals surface area (Å²) in [5.41, 5.74) is -1.22. The molecule has 0 aromatic carbocycles. The van der Waals surface area contributed by atoms with Crippen LogP contribution in [0.25, 0.3) is 5.78 Å². The quantitative estimate of drug-likeness (QED) is 0.738. The van der Waals surface area contributed by atoms with Crippen molar-refractivity contribution in [3.8, 4) is 0 Å². The van der Waals surface area contributed by atoms with Crippen LogP contribution in [-0.4, -0.2) is 35.3 Å². The Labute approximate surface area is 146 Å². The van der Waals surface area contributed by atoms with E-state index >= 15 is 0 Å². The fourth-order valence-electron chi connectivity index (χ4n) is 2.59. The third-order valence-corrected chi connectivity index (χ3v) is 3.79. The van der Waals surface area contributed by atoms with E-state index in [-0.39, 0.29) is 0 Å². The van der Waals surface area contributed by atoms with Crippen LogP contribution in [-0.2, 0) is 6.18 Å². The van der Waals surface area contributed by atoms with Crippen molar-refractivity contribution in [3.05, 3.63) is 47.7 Å². The van der Waals surface area contributed by atoms with Crippen LogP contribution in [0.15, 0.2) is 30.7 Å². The smallest absolute Gasteiger partial charge is 0.388 e. The van der Waals surface area contributed by atoms with Crippen molar-refractivity contribution in [3.63, 3.8) is 0 Å². The molecular formula is C16H17F3N6O. The number of nitrogens with zero attached hydrogens (tertiary/aromatic N) is 5. The number of nitrogens with one attached hydrogen (secondary N) is 1. The van der Waals surface area contributed by atoms with Gasteiger partial charge in [0, 0.05) is 18.0 Å². The van der Waals surface area contributed by atoms with E-state index in [9.17, 15) is 18.3 Å². The average molecular weight is 366 g/mol. The molecule has 0 aliphatic rings. The first-order valence-electron chi connectivity index (χ1n) is 7.75. The number of halogens is 3. The highest BCUT2D eigenvalue weighted by Crippen LogP contribution is 2.32. The normalized spacial score (nSPS) is 13.8. The van der Waals surface area contributed by atoms with Gasteiger partial charge in [-0.1, -0.05) is 6.07 Å². The molecule has 0 radical (unpaired) electrons. The van der Waals surface area contributed by atoms with Gasteiger partial charge in [0.2, 0.25) is 0 Å². The zero-order valence-electron chi connectivity index (χ0n) is 14.3. The maximum Gasteiger partial charge on any atom is 0.433 e. The Morgan fingerprint density at radius 1 is 1.19 bits per heavy atom. The molecule has 0 aliphatic heterocycles. The first-order valence-corrected chi connectivity index (χ1v) is 7.75. The summed E-state index contributed by atoms with van der Waals surface area (Å²) in [4.78, 5) is 11.7. The van der Waals surface area contributed by atoms with E-state index in [0.29, 0.717) is 22.9 Å². The molecule has 0 bridgehead atoms. The van der Waals surface area contributed by atoms with E-state index in [2.05, 4.69) is 25.4 Å². The van der Waals surface area contributed by atoms with Gasteiger partial charge in [0.05, 0.1) is 11.6 Å². The summed E-state index contributed by atoms with van der Waals surface area (Å²) in [6.45, 7) is 4.88. The number of aromatic nitrogens is 5. The molecule has 3 aromatic heterocycles. The number of rotatable bonds is 4. The van der Waals surface area contributed by atoms with Crippen LogP contribution in [0.1, 0.15) is 36.8 Å². The molecule has 1 unspecified atom stereocenters. The van der Waals surface area contributed by atoms with Gasteiger partial charge in [0.25, 0.3) is 5.78 Å². The standard InChI is InChI=1S/C16H17F3N6O/c1-9-6-12(25-14(23-9)21-8-22-25)24-13(15(2,3)26)10-4-5-11(20-7-10)16(17,18)19/h4-8,13,24,26H,1-3H3. The molecule has 3 rings (SSSR count). The van der Waals surface area contributed by atoms with Crippen molar-refractivity contribution in [1.29, 1.82) is 0 Å². The van der Waals surface area contributed by atoms with Gasteiger partial charge in [0.1, 0.15) is 17.8 Å². The number of alkyl halides is 3. The second-order valence-corrected chi connectivity index (χ2v) is 6.46. The Morgan fingerprint density at radius 3 is 2.50 bits per heavy atom. The lowest BCUT2D eigenvalue weighted by atomic mass is 9.92. The van der Waals surface area contributed by atoms with Crippen molar-refractivity contribution < 1.29 is 18.3 Å². The first-order chi connectivity index (χ1) is 12.1. The highest BCUT2D eigenvalue weighted by molar-refractivity contribution is 5.47. The third kappa shape index (κ3) is 3.59. The van der Waals surface area contributed by atoms with Crippen LogP contribution in [0.4, 0.5) is 19.0 Å². The van der Waals surface area contributed by atoms with E-state index in [0.717, 1.165) is 12.3 Å². The second-order valence-electron chi connectivity index (χ2n) is 6.46. The molecule has 7 nitrogen and oxygen atoms in total. The number of aliphatic hydroxyl groups is 1. The molecule has 0 saturated heterocycles. The molecule has 0 aliphatic carbocycles. The highest BCUT2D eigenvalue weighted by Gasteiger charge is 2.34. The van der Waals surface area contributed by atoms with Crippen molar-refractivity contribution >= 4 is 11.6 Å². The number of aryl methyl sites for hydroxylation is 1. The minimum absolute atomic E-state index is 0.368. The molecule has 0 spiro atoms. The molecule has 138 valence electrons. The Balaban J connectivity index is 2.00. The predicted octanol–water partition coefficient (Wildman–Crippen LogP) is 2.77. The largest absolute Gasteiger partial charge is 0.433 e. The Bertz CT molecular complexity index is 914. The number of pyridine rings is 1. The maximum absolute atomic E-state index is 12.7. The minimum Gasteiger partial charge on any atom is -0.388 e. The number of fused-ring (bicyclic) bond motifs is 1. The molecule has 26 heavy (non-hydrogen) atoms. The topological polar surface area (TPSA) is 88.2 Å². The predicted molar refractivity (Wildman–Crippen MR) is 87.4 cm³/mol. The van der Waals surface area contributed by atoms with E-state index in [1.54, 1.807) is 26.8 Å². The van der Waals surface area contributed by atoms with Gasteiger partial charge in [-0.2, -0.15) is 27.8 Å². The lowest BCUT2D eigenvalue weighted by molar-refractivity contribution is -0.141. The molecule has 10 heteroatoms. The van der Waals surface area contributed by atoms with Gasteiger partial charge in [0.15, 0.2) is 0 Å². The fraction of sp³-hybridized carbons (Fsp3) is 0.375. The molecule has 2 N–H and O–H groups in total. The van der Waals surface area contributed by atoms with Gasteiger partial charge >= 0.3 is 6.18 Å². The first kappa shape index (κ1) is 18.1. The Hall–Kier alpha value is -2.75. The minimum atomic E-state index is -4.52. The molecular weight excluding hydrogens is 349 g/mol. The monoisotopic (exact) mass is 366 g/mol. The second kappa shape index (κ2) is 6.20. The summed E-state index contributed by atoms with van der Waals surface area (Å²) in [5, 5.41) is 17.7. The number of anilines is 1. The molecule has 0 fully saturated rings.